The normalized spacial score (nSPS) is 15.7. The Morgan fingerprint density at radius 2 is 2.09 bits per heavy atom. The van der Waals surface area contributed by atoms with Crippen LogP contribution < -0.4 is 20.5 Å². The first-order chi connectivity index (χ1) is 15.8. The molecule has 3 aromatic rings. The van der Waals surface area contributed by atoms with E-state index in [-0.39, 0.29) is 17.9 Å². The van der Waals surface area contributed by atoms with Crippen molar-refractivity contribution in [3.05, 3.63) is 47.5 Å². The molecule has 4 rings (SSSR count). The fourth-order valence-corrected chi connectivity index (χ4v) is 4.63. The van der Waals surface area contributed by atoms with Crippen LogP contribution in [0.1, 0.15) is 37.4 Å². The maximum Gasteiger partial charge on any atom is 0.258 e. The molecule has 9 nitrogen and oxygen atoms in total. The van der Waals surface area contributed by atoms with Gasteiger partial charge in [0.1, 0.15) is 5.75 Å². The summed E-state index contributed by atoms with van der Waals surface area (Å²) in [7, 11) is -1.81. The van der Waals surface area contributed by atoms with E-state index in [0.717, 1.165) is 35.1 Å². The summed E-state index contributed by atoms with van der Waals surface area (Å²) in [5.74, 6) is 1.56. The molecular formula is C23H29N5O4S. The maximum absolute atomic E-state index is 11.7. The van der Waals surface area contributed by atoms with Crippen molar-refractivity contribution in [2.24, 2.45) is 0 Å². The van der Waals surface area contributed by atoms with E-state index in [1.54, 1.807) is 12.1 Å². The molecule has 4 N–H and O–H groups in total. The van der Waals surface area contributed by atoms with Crippen LogP contribution >= 0.6 is 0 Å². The average Bonchev–Trinajstić information content (AvgIpc) is 3.42. The second kappa shape index (κ2) is 9.50. The number of rotatable bonds is 9. The number of nitrogens with zero attached hydrogens (tertiary/aromatic N) is 2. The van der Waals surface area contributed by atoms with E-state index in [1.165, 1.54) is 7.05 Å². The summed E-state index contributed by atoms with van der Waals surface area (Å²) >= 11 is 0. The van der Waals surface area contributed by atoms with Gasteiger partial charge in [0.15, 0.2) is 0 Å². The minimum atomic E-state index is -3.24. The van der Waals surface area contributed by atoms with E-state index in [2.05, 4.69) is 26.2 Å². The molecule has 0 radical (unpaired) electrons. The first-order valence-corrected chi connectivity index (χ1v) is 12.6. The topological polar surface area (TPSA) is 132 Å². The zero-order valence-electron chi connectivity index (χ0n) is 19.0. The Balaban J connectivity index is 1.53. The molecule has 0 bridgehead atoms. The van der Waals surface area contributed by atoms with Crippen LogP contribution in [0.3, 0.4) is 0 Å². The lowest BCUT2D eigenvalue weighted by Gasteiger charge is -2.14. The highest BCUT2D eigenvalue weighted by Gasteiger charge is 2.26. The van der Waals surface area contributed by atoms with Gasteiger partial charge in [-0.3, -0.25) is 0 Å². The molecule has 2 aromatic carbocycles. The van der Waals surface area contributed by atoms with Crippen LogP contribution in [-0.2, 0) is 16.4 Å². The number of hydrogen-bond donors (Lipinski definition) is 3. The Kier molecular flexibility index (Phi) is 6.68. The summed E-state index contributed by atoms with van der Waals surface area (Å²) in [6.45, 7) is 4.27. The predicted octanol–water partition coefficient (Wildman–Crippen LogP) is 2.90. The van der Waals surface area contributed by atoms with Gasteiger partial charge < -0.3 is 20.3 Å². The molecule has 33 heavy (non-hydrogen) atoms. The van der Waals surface area contributed by atoms with Crippen molar-refractivity contribution in [2.45, 2.75) is 38.8 Å². The number of hydrogen-bond acceptors (Lipinski definition) is 8. The van der Waals surface area contributed by atoms with Crippen LogP contribution in [-0.4, -0.2) is 44.0 Å². The van der Waals surface area contributed by atoms with Gasteiger partial charge in [0.25, 0.3) is 5.89 Å². The Bertz CT molecular complexity index is 1240. The first kappa shape index (κ1) is 23.2. The summed E-state index contributed by atoms with van der Waals surface area (Å²) in [5, 5.41) is 7.56. The third-order valence-corrected chi connectivity index (χ3v) is 6.99. The van der Waals surface area contributed by atoms with Gasteiger partial charge >= 0.3 is 0 Å². The molecule has 0 aliphatic heterocycles. The van der Waals surface area contributed by atoms with Crippen LogP contribution in [0.25, 0.3) is 22.8 Å². The maximum atomic E-state index is 11.7. The van der Waals surface area contributed by atoms with Gasteiger partial charge in [-0.25, -0.2) is 13.1 Å². The van der Waals surface area contributed by atoms with E-state index >= 15 is 0 Å². The van der Waals surface area contributed by atoms with E-state index < -0.39 is 10.0 Å². The molecule has 176 valence electrons. The molecule has 0 saturated heterocycles. The highest BCUT2D eigenvalue weighted by Crippen LogP contribution is 2.37. The van der Waals surface area contributed by atoms with Crippen LogP contribution in [0.4, 0.5) is 5.69 Å². The minimum absolute atomic E-state index is 0.0272. The van der Waals surface area contributed by atoms with Crippen molar-refractivity contribution in [1.82, 2.24) is 20.2 Å². The van der Waals surface area contributed by atoms with Gasteiger partial charge in [-0.2, -0.15) is 4.98 Å². The second-order valence-corrected chi connectivity index (χ2v) is 10.3. The predicted molar refractivity (Wildman–Crippen MR) is 127 cm³/mol. The summed E-state index contributed by atoms with van der Waals surface area (Å²) in [4.78, 5) is 4.61. The summed E-state index contributed by atoms with van der Waals surface area (Å²) in [6, 6.07) is 11.5. The van der Waals surface area contributed by atoms with Gasteiger partial charge in [0, 0.05) is 23.7 Å². The van der Waals surface area contributed by atoms with Crippen LogP contribution in [0, 0.1) is 0 Å². The Morgan fingerprint density at radius 3 is 2.82 bits per heavy atom. The molecule has 1 aliphatic carbocycles. The van der Waals surface area contributed by atoms with Crippen molar-refractivity contribution in [1.29, 1.82) is 0 Å². The fourth-order valence-electron chi connectivity index (χ4n) is 4.04. The number of anilines is 1. The standard InChI is InChI=1S/C23H29N5O4S/c1-14(2)31-21-10-7-15(13-19(21)24)23-27-22(28-32-23)18-6-4-5-17-16(18)8-9-20(17)26-11-12-33(29,30)25-3/h4-7,10,13-14,20,25-26H,8-9,11-12,24H2,1-3H3. The number of fused-ring (bicyclic) bond motifs is 1. The molecule has 10 heteroatoms. The molecule has 1 aliphatic rings. The third-order valence-electron chi connectivity index (χ3n) is 5.63. The van der Waals surface area contributed by atoms with E-state index in [9.17, 15) is 8.42 Å². The van der Waals surface area contributed by atoms with E-state index in [1.807, 2.05) is 32.0 Å². The number of benzene rings is 2. The molecule has 1 unspecified atom stereocenters. The largest absolute Gasteiger partial charge is 0.489 e. The van der Waals surface area contributed by atoms with Crippen molar-refractivity contribution in [3.63, 3.8) is 0 Å². The molecule has 0 amide bonds. The van der Waals surface area contributed by atoms with Gasteiger partial charge in [0.05, 0.1) is 17.5 Å². The quantitative estimate of drug-likeness (QED) is 0.406. The molecule has 1 heterocycles. The molecule has 0 spiro atoms. The van der Waals surface area contributed by atoms with Crippen molar-refractivity contribution in [2.75, 3.05) is 25.1 Å². The Morgan fingerprint density at radius 1 is 1.27 bits per heavy atom. The average molecular weight is 472 g/mol. The molecule has 0 fully saturated rings. The zero-order chi connectivity index (χ0) is 23.6. The number of nitrogen functional groups attached to an aromatic ring is 1. The molecular weight excluding hydrogens is 442 g/mol. The number of aromatic nitrogens is 2. The molecule has 0 saturated carbocycles. The van der Waals surface area contributed by atoms with Gasteiger partial charge in [-0.15, -0.1) is 0 Å². The second-order valence-electron chi connectivity index (χ2n) is 8.28. The lowest BCUT2D eigenvalue weighted by atomic mass is 10.0. The zero-order valence-corrected chi connectivity index (χ0v) is 19.8. The summed E-state index contributed by atoms with van der Waals surface area (Å²) in [5.41, 5.74) is 10.6. The number of nitrogens with two attached hydrogens (primary N) is 1. The summed E-state index contributed by atoms with van der Waals surface area (Å²) in [6.07, 6.45) is 1.75. The Hall–Kier alpha value is -2.95. The smallest absolute Gasteiger partial charge is 0.258 e. The highest BCUT2D eigenvalue weighted by atomic mass is 32.2. The van der Waals surface area contributed by atoms with E-state index in [4.69, 9.17) is 15.0 Å². The van der Waals surface area contributed by atoms with Crippen LogP contribution in [0.2, 0.25) is 0 Å². The summed E-state index contributed by atoms with van der Waals surface area (Å²) < 4.78 is 36.9. The monoisotopic (exact) mass is 471 g/mol. The van der Waals surface area contributed by atoms with Crippen LogP contribution in [0.15, 0.2) is 40.9 Å². The van der Waals surface area contributed by atoms with Crippen LogP contribution in [0.5, 0.6) is 5.75 Å². The van der Waals surface area contributed by atoms with Crippen molar-refractivity contribution < 1.29 is 17.7 Å². The fraction of sp³-hybridized carbons (Fsp3) is 0.391. The van der Waals surface area contributed by atoms with Crippen molar-refractivity contribution >= 4 is 15.7 Å². The molecule has 1 aromatic heterocycles. The van der Waals surface area contributed by atoms with Gasteiger partial charge in [-0.1, -0.05) is 23.4 Å². The SMILES string of the molecule is CNS(=O)(=O)CCNC1CCc2c(-c3noc(-c4ccc(OC(C)C)c(N)c4)n3)cccc21. The minimum Gasteiger partial charge on any atom is -0.489 e. The third kappa shape index (κ3) is 5.18. The first-order valence-electron chi connectivity index (χ1n) is 10.9. The van der Waals surface area contributed by atoms with Gasteiger partial charge in [-0.05, 0) is 63.1 Å². The lowest BCUT2D eigenvalue weighted by molar-refractivity contribution is 0.244. The highest BCUT2D eigenvalue weighted by molar-refractivity contribution is 7.89. The van der Waals surface area contributed by atoms with Gasteiger partial charge in [0.2, 0.25) is 15.8 Å². The number of nitrogens with one attached hydrogen (secondary N) is 2. The number of sulfonamides is 1. The lowest BCUT2D eigenvalue weighted by Crippen LogP contribution is -2.31. The number of ether oxygens (including phenoxy) is 1. The molecule has 1 atom stereocenters. The van der Waals surface area contributed by atoms with Crippen molar-refractivity contribution in [3.8, 4) is 28.6 Å². The Labute approximate surface area is 193 Å². The van der Waals surface area contributed by atoms with E-state index in [0.29, 0.717) is 29.7 Å².